The minimum atomic E-state index is -4.38. The maximum atomic E-state index is 12.8. The second kappa shape index (κ2) is 8.93. The molecule has 0 aliphatic carbocycles. The molecular formula is C22H27F3N6O. The molecule has 1 unspecified atom stereocenters. The fraction of sp³-hybridized carbons (Fsp3) is 0.500. The molecule has 1 fully saturated rings. The summed E-state index contributed by atoms with van der Waals surface area (Å²) in [6.45, 7) is 7.91. The van der Waals surface area contributed by atoms with Crippen LogP contribution in [0.5, 0.6) is 0 Å². The number of anilines is 1. The number of halogens is 3. The first-order valence-electron chi connectivity index (χ1n) is 10.7. The van der Waals surface area contributed by atoms with Gasteiger partial charge in [-0.2, -0.15) is 18.3 Å². The van der Waals surface area contributed by atoms with E-state index in [1.165, 1.54) is 11.6 Å². The molecule has 7 nitrogen and oxygen atoms in total. The molecule has 0 bridgehead atoms. The molecule has 32 heavy (non-hydrogen) atoms. The Morgan fingerprint density at radius 2 is 2.03 bits per heavy atom. The summed E-state index contributed by atoms with van der Waals surface area (Å²) in [4.78, 5) is 21.8. The number of alkyl halides is 3. The second-order valence-electron chi connectivity index (χ2n) is 8.39. The Hall–Kier alpha value is -2.88. The van der Waals surface area contributed by atoms with Crippen molar-refractivity contribution in [1.29, 1.82) is 0 Å². The number of H-pyrrole nitrogens is 1. The van der Waals surface area contributed by atoms with Crippen LogP contribution in [0.15, 0.2) is 30.6 Å². The van der Waals surface area contributed by atoms with Gasteiger partial charge in [0.15, 0.2) is 0 Å². The molecule has 0 aromatic carbocycles. The van der Waals surface area contributed by atoms with Crippen molar-refractivity contribution >= 4 is 17.3 Å². The highest BCUT2D eigenvalue weighted by Gasteiger charge is 2.32. The van der Waals surface area contributed by atoms with Crippen molar-refractivity contribution in [3.8, 4) is 0 Å². The summed E-state index contributed by atoms with van der Waals surface area (Å²) in [6.07, 6.45) is 1.24. The predicted octanol–water partition coefficient (Wildman–Crippen LogP) is 3.17. The van der Waals surface area contributed by atoms with Gasteiger partial charge in [0.25, 0.3) is 0 Å². The van der Waals surface area contributed by atoms with Crippen LogP contribution in [-0.4, -0.2) is 69.7 Å². The fourth-order valence-corrected chi connectivity index (χ4v) is 4.37. The summed E-state index contributed by atoms with van der Waals surface area (Å²) in [5.74, 6) is 0.649. The summed E-state index contributed by atoms with van der Waals surface area (Å²) in [7, 11) is 0. The Labute approximate surface area is 184 Å². The SMILES string of the molecule is CC(=O)N1CC=C(c2[nH]ncc2CN2CCN(c3ccc(C(F)(F)F)cn3)C(C)C2)CC1. The average molecular weight is 448 g/mol. The molecule has 1 saturated heterocycles. The fourth-order valence-electron chi connectivity index (χ4n) is 4.37. The van der Waals surface area contributed by atoms with E-state index in [1.807, 2.05) is 16.0 Å². The number of hydrogen-bond acceptors (Lipinski definition) is 5. The van der Waals surface area contributed by atoms with Crippen LogP contribution in [0.3, 0.4) is 0 Å². The minimum absolute atomic E-state index is 0.0829. The van der Waals surface area contributed by atoms with Crippen LogP contribution in [0.25, 0.3) is 5.57 Å². The maximum absolute atomic E-state index is 12.8. The summed E-state index contributed by atoms with van der Waals surface area (Å²) in [5, 5.41) is 7.35. The quantitative estimate of drug-likeness (QED) is 0.778. The van der Waals surface area contributed by atoms with Crippen molar-refractivity contribution in [3.63, 3.8) is 0 Å². The maximum Gasteiger partial charge on any atom is 0.417 e. The molecule has 1 N–H and O–H groups in total. The number of pyridine rings is 1. The number of nitrogens with zero attached hydrogens (tertiary/aromatic N) is 5. The van der Waals surface area contributed by atoms with Gasteiger partial charge in [-0.3, -0.25) is 14.8 Å². The highest BCUT2D eigenvalue weighted by Crippen LogP contribution is 2.30. The van der Waals surface area contributed by atoms with E-state index < -0.39 is 11.7 Å². The number of carbonyl (C=O) groups excluding carboxylic acids is 1. The number of hydrogen-bond donors (Lipinski definition) is 1. The van der Waals surface area contributed by atoms with Crippen molar-refractivity contribution in [2.24, 2.45) is 0 Å². The van der Waals surface area contributed by atoms with Gasteiger partial charge in [0.05, 0.1) is 17.5 Å². The van der Waals surface area contributed by atoms with Gasteiger partial charge in [0.2, 0.25) is 5.91 Å². The van der Waals surface area contributed by atoms with Gasteiger partial charge in [-0.25, -0.2) is 4.98 Å². The summed E-state index contributed by atoms with van der Waals surface area (Å²) in [6, 6.07) is 2.65. The van der Waals surface area contributed by atoms with Crippen LogP contribution >= 0.6 is 0 Å². The molecule has 1 atom stereocenters. The zero-order chi connectivity index (χ0) is 22.9. The number of aromatic nitrogens is 3. The normalized spacial score (nSPS) is 20.4. The molecule has 2 aromatic heterocycles. The third-order valence-corrected chi connectivity index (χ3v) is 6.17. The zero-order valence-electron chi connectivity index (χ0n) is 18.2. The van der Waals surface area contributed by atoms with Crippen LogP contribution in [0.2, 0.25) is 0 Å². The lowest BCUT2D eigenvalue weighted by atomic mass is 10.0. The van der Waals surface area contributed by atoms with E-state index in [1.54, 1.807) is 6.92 Å². The minimum Gasteiger partial charge on any atom is -0.351 e. The molecule has 1 amide bonds. The Balaban J connectivity index is 1.38. The van der Waals surface area contributed by atoms with Gasteiger partial charge in [0.1, 0.15) is 5.82 Å². The molecule has 2 aliphatic heterocycles. The number of rotatable bonds is 4. The predicted molar refractivity (Wildman–Crippen MR) is 115 cm³/mol. The van der Waals surface area contributed by atoms with E-state index in [4.69, 9.17) is 0 Å². The molecule has 2 aromatic rings. The van der Waals surface area contributed by atoms with E-state index in [0.29, 0.717) is 25.5 Å². The van der Waals surface area contributed by atoms with Crippen molar-refractivity contribution in [2.45, 2.75) is 39.0 Å². The Kier molecular flexibility index (Phi) is 6.23. The van der Waals surface area contributed by atoms with Gasteiger partial charge in [-0.1, -0.05) is 6.08 Å². The van der Waals surface area contributed by atoms with Crippen molar-refractivity contribution < 1.29 is 18.0 Å². The number of nitrogens with one attached hydrogen (secondary N) is 1. The summed E-state index contributed by atoms with van der Waals surface area (Å²) >= 11 is 0. The Morgan fingerprint density at radius 1 is 1.22 bits per heavy atom. The standard InChI is InChI=1S/C22H27F3N6O/c1-15-13-29(9-10-31(15)20-4-3-19(12-26-20)22(23,24)25)14-18-11-27-28-21(18)17-5-7-30(8-6-17)16(2)32/h3-5,11-12,15H,6-10,13-14H2,1-2H3,(H,27,28). The monoisotopic (exact) mass is 448 g/mol. The van der Waals surface area contributed by atoms with Crippen molar-refractivity contribution in [3.05, 3.63) is 47.4 Å². The molecule has 2 aliphatic rings. The highest BCUT2D eigenvalue weighted by molar-refractivity contribution is 5.75. The van der Waals surface area contributed by atoms with E-state index in [9.17, 15) is 18.0 Å². The molecule has 0 saturated carbocycles. The van der Waals surface area contributed by atoms with Gasteiger partial charge >= 0.3 is 6.18 Å². The molecule has 4 heterocycles. The van der Waals surface area contributed by atoms with Crippen molar-refractivity contribution in [2.75, 3.05) is 37.6 Å². The van der Waals surface area contributed by atoms with E-state index >= 15 is 0 Å². The summed E-state index contributed by atoms with van der Waals surface area (Å²) in [5.41, 5.74) is 2.58. The smallest absolute Gasteiger partial charge is 0.351 e. The first-order valence-corrected chi connectivity index (χ1v) is 10.7. The number of aromatic amines is 1. The topological polar surface area (TPSA) is 68.4 Å². The van der Waals surface area contributed by atoms with Gasteiger partial charge in [-0.15, -0.1) is 0 Å². The molecule has 0 radical (unpaired) electrons. The third kappa shape index (κ3) is 4.79. The zero-order valence-corrected chi connectivity index (χ0v) is 18.2. The molecule has 10 heteroatoms. The average Bonchev–Trinajstić information content (AvgIpc) is 3.21. The molecule has 0 spiro atoms. The largest absolute Gasteiger partial charge is 0.417 e. The van der Waals surface area contributed by atoms with Crippen LogP contribution in [0.4, 0.5) is 19.0 Å². The lowest BCUT2D eigenvalue weighted by Gasteiger charge is -2.40. The van der Waals surface area contributed by atoms with E-state index in [0.717, 1.165) is 49.6 Å². The lowest BCUT2D eigenvalue weighted by Crippen LogP contribution is -2.51. The van der Waals surface area contributed by atoms with E-state index in [-0.39, 0.29) is 11.9 Å². The summed E-state index contributed by atoms with van der Waals surface area (Å²) < 4.78 is 38.4. The lowest BCUT2D eigenvalue weighted by molar-refractivity contribution is -0.137. The van der Waals surface area contributed by atoms with Gasteiger partial charge in [0, 0.05) is 64.0 Å². The molecule has 172 valence electrons. The van der Waals surface area contributed by atoms with Crippen LogP contribution in [0, 0.1) is 0 Å². The number of carbonyl (C=O) groups is 1. The van der Waals surface area contributed by atoms with Crippen molar-refractivity contribution in [1.82, 2.24) is 25.0 Å². The third-order valence-electron chi connectivity index (χ3n) is 6.17. The van der Waals surface area contributed by atoms with Crippen LogP contribution < -0.4 is 4.90 Å². The second-order valence-corrected chi connectivity index (χ2v) is 8.39. The number of amides is 1. The first-order chi connectivity index (χ1) is 15.2. The number of piperazine rings is 1. The van der Waals surface area contributed by atoms with Crippen LogP contribution in [-0.2, 0) is 17.5 Å². The Bertz CT molecular complexity index is 984. The molecular weight excluding hydrogens is 421 g/mol. The van der Waals surface area contributed by atoms with Gasteiger partial charge < -0.3 is 9.80 Å². The van der Waals surface area contributed by atoms with Crippen LogP contribution in [0.1, 0.15) is 37.1 Å². The van der Waals surface area contributed by atoms with Gasteiger partial charge in [-0.05, 0) is 31.1 Å². The Morgan fingerprint density at radius 3 is 2.62 bits per heavy atom. The molecule has 4 rings (SSSR count). The highest BCUT2D eigenvalue weighted by atomic mass is 19.4. The first kappa shape index (κ1) is 22.3. The van der Waals surface area contributed by atoms with E-state index in [2.05, 4.69) is 33.1 Å².